The molecule has 0 atom stereocenters. The number of nitrogens with one attached hydrogen (secondary N) is 1. The summed E-state index contributed by atoms with van der Waals surface area (Å²) in [6.45, 7) is 1.08. The third-order valence-corrected chi connectivity index (χ3v) is 1.78. The maximum Gasteiger partial charge on any atom is 0.300 e. The van der Waals surface area contributed by atoms with Crippen LogP contribution in [0.2, 0.25) is 0 Å². The van der Waals surface area contributed by atoms with Gasteiger partial charge in [0.05, 0.1) is 10.9 Å². The number of aliphatic carboxylic acids is 1. The molecule has 0 spiro atoms. The van der Waals surface area contributed by atoms with Crippen molar-refractivity contribution in [1.29, 1.82) is 0 Å². The van der Waals surface area contributed by atoms with Crippen LogP contribution >= 0.6 is 0 Å². The van der Waals surface area contributed by atoms with Crippen molar-refractivity contribution in [1.82, 2.24) is 9.78 Å². The van der Waals surface area contributed by atoms with Crippen LogP contribution < -0.4 is 5.56 Å². The van der Waals surface area contributed by atoms with Gasteiger partial charge in [-0.25, -0.2) is 0 Å². The van der Waals surface area contributed by atoms with Gasteiger partial charge in [-0.05, 0) is 12.1 Å². The molecule has 0 aliphatic carbocycles. The standard InChI is InChI=1S/C8H8N2O.C2H4O2/c1-10-7-5-3-2-4-6(7)8(11)9-10;1-2(3)4/h2-5H,1H3,(H,9,11);1H3,(H,3,4). The van der Waals surface area contributed by atoms with Gasteiger partial charge >= 0.3 is 0 Å². The Hall–Kier alpha value is -2.04. The number of benzene rings is 1. The molecule has 0 unspecified atom stereocenters. The monoisotopic (exact) mass is 208 g/mol. The first kappa shape index (κ1) is 11.0. The third-order valence-electron chi connectivity index (χ3n) is 1.78. The van der Waals surface area contributed by atoms with Crippen molar-refractivity contribution in [3.63, 3.8) is 0 Å². The minimum Gasteiger partial charge on any atom is -0.481 e. The number of para-hydroxylation sites is 1. The Bertz CT molecular complexity index is 521. The molecule has 5 nitrogen and oxygen atoms in total. The summed E-state index contributed by atoms with van der Waals surface area (Å²) in [7, 11) is 1.82. The van der Waals surface area contributed by atoms with Crippen molar-refractivity contribution in [3.05, 3.63) is 34.6 Å². The molecule has 15 heavy (non-hydrogen) atoms. The summed E-state index contributed by atoms with van der Waals surface area (Å²) < 4.78 is 1.72. The van der Waals surface area contributed by atoms with E-state index in [1.54, 1.807) is 4.68 Å². The molecule has 0 bridgehead atoms. The molecule has 0 aliphatic rings. The van der Waals surface area contributed by atoms with Gasteiger partial charge in [0.2, 0.25) is 0 Å². The van der Waals surface area contributed by atoms with E-state index in [2.05, 4.69) is 5.10 Å². The lowest BCUT2D eigenvalue weighted by molar-refractivity contribution is -0.134. The fourth-order valence-electron chi connectivity index (χ4n) is 1.23. The normalized spacial score (nSPS) is 9.47. The molecule has 0 amide bonds. The smallest absolute Gasteiger partial charge is 0.300 e. The fourth-order valence-corrected chi connectivity index (χ4v) is 1.23. The molecular formula is C10H12N2O3. The molecule has 1 heterocycles. The average Bonchev–Trinajstić information content (AvgIpc) is 2.43. The molecule has 0 radical (unpaired) electrons. The molecule has 1 aromatic carbocycles. The number of aryl methyl sites for hydroxylation is 1. The predicted molar refractivity (Wildman–Crippen MR) is 56.8 cm³/mol. The zero-order chi connectivity index (χ0) is 11.4. The number of fused-ring (bicyclic) bond motifs is 1. The van der Waals surface area contributed by atoms with E-state index in [0.717, 1.165) is 17.8 Å². The second-order valence-electron chi connectivity index (χ2n) is 3.04. The predicted octanol–water partition coefficient (Wildman–Crippen LogP) is 0.957. The zero-order valence-electron chi connectivity index (χ0n) is 8.52. The highest BCUT2D eigenvalue weighted by Crippen LogP contribution is 2.05. The molecule has 2 N–H and O–H groups in total. The van der Waals surface area contributed by atoms with Gasteiger partial charge in [0.1, 0.15) is 0 Å². The van der Waals surface area contributed by atoms with E-state index in [1.807, 2.05) is 31.3 Å². The fraction of sp³-hybridized carbons (Fsp3) is 0.200. The molecule has 0 aliphatic heterocycles. The van der Waals surface area contributed by atoms with E-state index in [9.17, 15) is 4.79 Å². The second kappa shape index (κ2) is 4.45. The molecule has 0 saturated carbocycles. The Morgan fingerprint density at radius 1 is 1.40 bits per heavy atom. The Morgan fingerprint density at radius 3 is 2.47 bits per heavy atom. The maximum atomic E-state index is 11.1. The number of nitrogens with zero attached hydrogens (tertiary/aromatic N) is 1. The van der Waals surface area contributed by atoms with Crippen molar-refractivity contribution >= 4 is 16.9 Å². The number of H-pyrrole nitrogens is 1. The van der Waals surface area contributed by atoms with Crippen molar-refractivity contribution in [2.75, 3.05) is 0 Å². The number of hydrogen-bond acceptors (Lipinski definition) is 2. The number of carboxylic acid groups (broad SMARTS) is 1. The Morgan fingerprint density at radius 2 is 1.93 bits per heavy atom. The Balaban J connectivity index is 0.000000245. The van der Waals surface area contributed by atoms with E-state index in [4.69, 9.17) is 9.90 Å². The summed E-state index contributed by atoms with van der Waals surface area (Å²) in [5, 5.41) is 10.8. The Labute approximate surface area is 85.9 Å². The van der Waals surface area contributed by atoms with E-state index in [1.165, 1.54) is 0 Å². The van der Waals surface area contributed by atoms with E-state index >= 15 is 0 Å². The van der Waals surface area contributed by atoms with Crippen LogP contribution in [0, 0.1) is 0 Å². The largest absolute Gasteiger partial charge is 0.481 e. The van der Waals surface area contributed by atoms with Crippen molar-refractivity contribution in [2.24, 2.45) is 7.05 Å². The van der Waals surface area contributed by atoms with Gasteiger partial charge in [-0.15, -0.1) is 0 Å². The lowest BCUT2D eigenvalue weighted by Gasteiger charge is -1.90. The van der Waals surface area contributed by atoms with Crippen molar-refractivity contribution in [3.8, 4) is 0 Å². The summed E-state index contributed by atoms with van der Waals surface area (Å²) in [6, 6.07) is 7.49. The minimum atomic E-state index is -0.833. The average molecular weight is 208 g/mol. The lowest BCUT2D eigenvalue weighted by Crippen LogP contribution is -2.01. The number of aromatic nitrogens is 2. The topological polar surface area (TPSA) is 75.1 Å². The molecule has 2 aromatic rings. The molecule has 0 fully saturated rings. The number of carboxylic acids is 1. The molecule has 80 valence electrons. The first-order valence-electron chi connectivity index (χ1n) is 4.35. The first-order chi connectivity index (χ1) is 7.02. The zero-order valence-corrected chi connectivity index (χ0v) is 8.52. The van der Waals surface area contributed by atoms with Crippen LogP contribution in [0.15, 0.2) is 29.1 Å². The number of aromatic amines is 1. The molecular weight excluding hydrogens is 196 g/mol. The van der Waals surface area contributed by atoms with Gasteiger partial charge < -0.3 is 5.11 Å². The van der Waals surface area contributed by atoms with Gasteiger partial charge in [-0.2, -0.15) is 0 Å². The highest BCUT2D eigenvalue weighted by Gasteiger charge is 1.99. The Kier molecular flexibility index (Phi) is 3.28. The quantitative estimate of drug-likeness (QED) is 0.677. The van der Waals surface area contributed by atoms with Crippen LogP contribution in [0.4, 0.5) is 0 Å². The van der Waals surface area contributed by atoms with Crippen molar-refractivity contribution < 1.29 is 9.90 Å². The molecule has 5 heteroatoms. The maximum absolute atomic E-state index is 11.1. The third kappa shape index (κ3) is 2.70. The van der Waals surface area contributed by atoms with Gasteiger partial charge in [-0.1, -0.05) is 12.1 Å². The highest BCUT2D eigenvalue weighted by molar-refractivity contribution is 5.77. The summed E-state index contributed by atoms with van der Waals surface area (Å²) in [4.78, 5) is 20.1. The minimum absolute atomic E-state index is 0.0249. The van der Waals surface area contributed by atoms with Crippen molar-refractivity contribution in [2.45, 2.75) is 6.92 Å². The molecule has 2 rings (SSSR count). The van der Waals surface area contributed by atoms with Gasteiger partial charge in [0.15, 0.2) is 0 Å². The highest BCUT2D eigenvalue weighted by atomic mass is 16.4. The second-order valence-corrected chi connectivity index (χ2v) is 3.04. The van der Waals surface area contributed by atoms with Crippen LogP contribution in [-0.4, -0.2) is 20.9 Å². The van der Waals surface area contributed by atoms with Crippen LogP contribution in [0.3, 0.4) is 0 Å². The summed E-state index contributed by atoms with van der Waals surface area (Å²) >= 11 is 0. The van der Waals surface area contributed by atoms with Gasteiger partial charge in [-0.3, -0.25) is 19.4 Å². The van der Waals surface area contributed by atoms with Crippen LogP contribution in [0.1, 0.15) is 6.92 Å². The van der Waals surface area contributed by atoms with Crippen LogP contribution in [0.25, 0.3) is 10.9 Å². The molecule has 0 saturated heterocycles. The molecule has 1 aromatic heterocycles. The summed E-state index contributed by atoms with van der Waals surface area (Å²) in [6.07, 6.45) is 0. The van der Waals surface area contributed by atoms with E-state index in [-0.39, 0.29) is 5.56 Å². The SMILES string of the molecule is CC(=O)O.Cn1[nH]c(=O)c2ccccc21. The first-order valence-corrected chi connectivity index (χ1v) is 4.35. The van der Waals surface area contributed by atoms with Gasteiger partial charge in [0.25, 0.3) is 11.5 Å². The number of hydrogen-bond donors (Lipinski definition) is 2. The number of rotatable bonds is 0. The van der Waals surface area contributed by atoms with Crippen LogP contribution in [-0.2, 0) is 11.8 Å². The number of carbonyl (C=O) groups is 1. The van der Waals surface area contributed by atoms with Crippen LogP contribution in [0.5, 0.6) is 0 Å². The summed E-state index contributed by atoms with van der Waals surface area (Å²) in [5.41, 5.74) is 0.917. The van der Waals surface area contributed by atoms with E-state index in [0.29, 0.717) is 0 Å². The lowest BCUT2D eigenvalue weighted by atomic mass is 10.2. The van der Waals surface area contributed by atoms with E-state index < -0.39 is 5.97 Å². The summed E-state index contributed by atoms with van der Waals surface area (Å²) in [5.74, 6) is -0.833. The van der Waals surface area contributed by atoms with Gasteiger partial charge in [0, 0.05) is 14.0 Å².